The number of nitrogens with two attached hydrogens (primary N) is 1. The molecule has 0 bridgehead atoms. The van der Waals surface area contributed by atoms with Crippen molar-refractivity contribution in [2.24, 2.45) is 0 Å². The van der Waals surface area contributed by atoms with Gasteiger partial charge in [0.25, 0.3) is 5.89 Å². The molecule has 2 aromatic rings. The quantitative estimate of drug-likeness (QED) is 0.935. The molecule has 1 heterocycles. The molecule has 5 nitrogen and oxygen atoms in total. The Balaban J connectivity index is 2.09. The van der Waals surface area contributed by atoms with E-state index in [1.807, 2.05) is 18.2 Å². The zero-order valence-corrected chi connectivity index (χ0v) is 11.9. The number of halogens is 1. The summed E-state index contributed by atoms with van der Waals surface area (Å²) in [6.45, 7) is 6.51. The maximum atomic E-state index is 6.19. The van der Waals surface area contributed by atoms with Crippen molar-refractivity contribution < 1.29 is 9.15 Å². The van der Waals surface area contributed by atoms with Gasteiger partial charge in [-0.15, -0.1) is 5.10 Å². The van der Waals surface area contributed by atoms with E-state index in [0.29, 0.717) is 16.7 Å². The van der Waals surface area contributed by atoms with E-state index in [1.165, 1.54) is 0 Å². The highest BCUT2D eigenvalue weighted by molar-refractivity contribution is 6.32. The Morgan fingerprint density at radius 3 is 2.58 bits per heavy atom. The molecule has 0 aliphatic carbocycles. The molecule has 0 saturated carbocycles. The fourth-order valence-electron chi connectivity index (χ4n) is 1.55. The van der Waals surface area contributed by atoms with Gasteiger partial charge in [-0.3, -0.25) is 0 Å². The minimum absolute atomic E-state index is 0.0211. The molecule has 0 atom stereocenters. The molecule has 19 heavy (non-hydrogen) atoms. The minimum atomic E-state index is 0.0211. The summed E-state index contributed by atoms with van der Waals surface area (Å²) in [5.74, 6) is 0.889. The molecule has 2 rings (SSSR count). The van der Waals surface area contributed by atoms with Crippen LogP contribution in [0, 0.1) is 0 Å². The van der Waals surface area contributed by atoms with Gasteiger partial charge in [0.15, 0.2) is 6.61 Å². The van der Waals surface area contributed by atoms with Crippen molar-refractivity contribution in [1.82, 2.24) is 10.2 Å². The van der Waals surface area contributed by atoms with Crippen LogP contribution in [0.4, 0.5) is 6.01 Å². The molecule has 0 aliphatic rings. The van der Waals surface area contributed by atoms with Gasteiger partial charge < -0.3 is 14.9 Å². The third kappa shape index (κ3) is 3.38. The first-order valence-electron chi connectivity index (χ1n) is 5.87. The summed E-state index contributed by atoms with van der Waals surface area (Å²) in [4.78, 5) is 0. The predicted octanol–water partition coefficient (Wildman–Crippen LogP) is 3.18. The number of benzene rings is 1. The van der Waals surface area contributed by atoms with Crippen LogP contribution in [-0.4, -0.2) is 10.2 Å². The molecule has 0 fully saturated rings. The van der Waals surface area contributed by atoms with Crippen LogP contribution in [0.3, 0.4) is 0 Å². The minimum Gasteiger partial charge on any atom is -0.482 e. The van der Waals surface area contributed by atoms with Crippen molar-refractivity contribution in [2.45, 2.75) is 32.8 Å². The number of hydrogen-bond acceptors (Lipinski definition) is 5. The smallest absolute Gasteiger partial charge is 0.312 e. The first kappa shape index (κ1) is 13.7. The molecular formula is C13H16ClN3O2. The number of ether oxygens (including phenoxy) is 1. The maximum absolute atomic E-state index is 6.19. The van der Waals surface area contributed by atoms with Gasteiger partial charge in [0.1, 0.15) is 5.75 Å². The molecular weight excluding hydrogens is 266 g/mol. The van der Waals surface area contributed by atoms with Gasteiger partial charge in [0.05, 0.1) is 5.02 Å². The van der Waals surface area contributed by atoms with Crippen LogP contribution in [0.2, 0.25) is 5.02 Å². The van der Waals surface area contributed by atoms with Crippen molar-refractivity contribution in [3.8, 4) is 5.75 Å². The van der Waals surface area contributed by atoms with Crippen LogP contribution in [0.25, 0.3) is 0 Å². The third-order valence-electron chi connectivity index (χ3n) is 2.63. The first-order chi connectivity index (χ1) is 8.86. The van der Waals surface area contributed by atoms with Crippen LogP contribution < -0.4 is 10.5 Å². The first-order valence-corrected chi connectivity index (χ1v) is 6.25. The average molecular weight is 282 g/mol. The van der Waals surface area contributed by atoms with E-state index < -0.39 is 0 Å². The second-order valence-electron chi connectivity index (χ2n) is 5.22. The van der Waals surface area contributed by atoms with Crippen molar-refractivity contribution in [3.63, 3.8) is 0 Å². The largest absolute Gasteiger partial charge is 0.482 e. The molecule has 102 valence electrons. The van der Waals surface area contributed by atoms with Crippen LogP contribution in [0.15, 0.2) is 22.6 Å². The van der Waals surface area contributed by atoms with Gasteiger partial charge in [-0.2, -0.15) is 0 Å². The SMILES string of the molecule is CC(C)(C)c1ccc(OCc2nnc(N)o2)c(Cl)c1. The fourth-order valence-corrected chi connectivity index (χ4v) is 1.78. The monoisotopic (exact) mass is 281 g/mol. The fraction of sp³-hybridized carbons (Fsp3) is 0.385. The Bertz CT molecular complexity index is 576. The Kier molecular flexibility index (Phi) is 3.66. The van der Waals surface area contributed by atoms with E-state index in [4.69, 9.17) is 26.5 Å². The predicted molar refractivity (Wildman–Crippen MR) is 73.2 cm³/mol. The van der Waals surface area contributed by atoms with Crippen LogP contribution >= 0.6 is 11.6 Å². The van der Waals surface area contributed by atoms with E-state index in [0.717, 1.165) is 5.56 Å². The molecule has 0 unspecified atom stereocenters. The molecule has 0 aliphatic heterocycles. The lowest BCUT2D eigenvalue weighted by Crippen LogP contribution is -2.10. The second-order valence-corrected chi connectivity index (χ2v) is 5.63. The molecule has 1 aromatic heterocycles. The van der Waals surface area contributed by atoms with Crippen LogP contribution in [0.1, 0.15) is 32.2 Å². The molecule has 6 heteroatoms. The number of aromatic nitrogens is 2. The molecule has 0 spiro atoms. The Hall–Kier alpha value is -1.75. The van der Waals surface area contributed by atoms with Gasteiger partial charge in [-0.1, -0.05) is 43.5 Å². The summed E-state index contributed by atoms with van der Waals surface area (Å²) in [6.07, 6.45) is 0. The highest BCUT2D eigenvalue weighted by Crippen LogP contribution is 2.31. The van der Waals surface area contributed by atoms with Gasteiger partial charge in [0, 0.05) is 0 Å². The lowest BCUT2D eigenvalue weighted by molar-refractivity contribution is 0.265. The summed E-state index contributed by atoms with van der Waals surface area (Å²) in [7, 11) is 0. The summed E-state index contributed by atoms with van der Waals surface area (Å²) in [5, 5.41) is 7.81. The third-order valence-corrected chi connectivity index (χ3v) is 2.93. The van der Waals surface area contributed by atoms with E-state index >= 15 is 0 Å². The number of rotatable bonds is 3. The molecule has 0 saturated heterocycles. The summed E-state index contributed by atoms with van der Waals surface area (Å²) in [5.41, 5.74) is 6.51. The van der Waals surface area contributed by atoms with E-state index in [1.54, 1.807) is 0 Å². The van der Waals surface area contributed by atoms with E-state index in [-0.39, 0.29) is 18.0 Å². The number of hydrogen-bond donors (Lipinski definition) is 1. The van der Waals surface area contributed by atoms with Crippen LogP contribution in [0.5, 0.6) is 5.75 Å². The summed E-state index contributed by atoms with van der Waals surface area (Å²) < 4.78 is 10.5. The Labute approximate surface area is 116 Å². The van der Waals surface area contributed by atoms with E-state index in [2.05, 4.69) is 31.0 Å². The number of nitrogens with zero attached hydrogens (tertiary/aromatic N) is 2. The molecule has 2 N–H and O–H groups in total. The van der Waals surface area contributed by atoms with Crippen molar-refractivity contribution in [2.75, 3.05) is 5.73 Å². The zero-order valence-electron chi connectivity index (χ0n) is 11.1. The molecule has 0 radical (unpaired) electrons. The molecule has 0 amide bonds. The van der Waals surface area contributed by atoms with Gasteiger partial charge in [-0.05, 0) is 23.1 Å². The molecule has 1 aromatic carbocycles. The lowest BCUT2D eigenvalue weighted by Gasteiger charge is -2.19. The average Bonchev–Trinajstić information content (AvgIpc) is 2.72. The number of anilines is 1. The van der Waals surface area contributed by atoms with Crippen molar-refractivity contribution >= 4 is 17.6 Å². The van der Waals surface area contributed by atoms with Crippen LogP contribution in [-0.2, 0) is 12.0 Å². The standard InChI is InChI=1S/C13H16ClN3O2/c1-13(2,3)8-4-5-10(9(14)6-8)18-7-11-16-17-12(15)19-11/h4-6H,7H2,1-3H3,(H2,15,17). The lowest BCUT2D eigenvalue weighted by atomic mass is 9.87. The maximum Gasteiger partial charge on any atom is 0.312 e. The van der Waals surface area contributed by atoms with Gasteiger partial charge in [-0.25, -0.2) is 0 Å². The Morgan fingerprint density at radius 2 is 2.05 bits per heavy atom. The zero-order chi connectivity index (χ0) is 14.0. The van der Waals surface area contributed by atoms with E-state index in [9.17, 15) is 0 Å². The van der Waals surface area contributed by atoms with Gasteiger partial charge >= 0.3 is 6.01 Å². The number of nitrogen functional groups attached to an aromatic ring is 1. The summed E-state index contributed by atoms with van der Waals surface area (Å²) >= 11 is 6.19. The second kappa shape index (κ2) is 5.09. The topological polar surface area (TPSA) is 74.2 Å². The Morgan fingerprint density at radius 1 is 1.32 bits per heavy atom. The highest BCUT2D eigenvalue weighted by atomic mass is 35.5. The van der Waals surface area contributed by atoms with Gasteiger partial charge in [0.2, 0.25) is 0 Å². The van der Waals surface area contributed by atoms with Crippen molar-refractivity contribution in [1.29, 1.82) is 0 Å². The summed E-state index contributed by atoms with van der Waals surface area (Å²) in [6, 6.07) is 5.75. The normalized spacial score (nSPS) is 11.6. The van der Waals surface area contributed by atoms with Crippen molar-refractivity contribution in [3.05, 3.63) is 34.7 Å². The highest BCUT2D eigenvalue weighted by Gasteiger charge is 2.15.